The number of aliphatic hydroxyl groups is 1. The molecule has 0 aromatic rings. The lowest BCUT2D eigenvalue weighted by molar-refractivity contribution is -0.157. The summed E-state index contributed by atoms with van der Waals surface area (Å²) >= 11 is 0. The average molecular weight is 178 g/mol. The van der Waals surface area contributed by atoms with Crippen LogP contribution >= 0.6 is 0 Å². The molecule has 4 heteroatoms. The first kappa shape index (κ1) is 11.4. The highest BCUT2D eigenvalue weighted by molar-refractivity contribution is 5.76. The molecule has 1 N–H and O–H groups in total. The fraction of sp³-hybridized carbons (Fsp3) is 0.875. The molecule has 0 bridgehead atoms. The van der Waals surface area contributed by atoms with Crippen LogP contribution in [0, 0.1) is 5.41 Å². The first-order chi connectivity index (χ1) is 5.60. The molecule has 3 nitrogen and oxygen atoms in total. The zero-order chi connectivity index (χ0) is 9.61. The molecule has 0 spiro atoms. The molecule has 0 aliphatic rings. The van der Waals surface area contributed by atoms with Gasteiger partial charge in [0.2, 0.25) is 0 Å². The lowest BCUT2D eigenvalue weighted by atomic mass is 9.89. The molecule has 1 unspecified atom stereocenters. The number of aliphatic hydroxyl groups excluding tert-OH is 1. The van der Waals surface area contributed by atoms with Crippen molar-refractivity contribution >= 4 is 5.97 Å². The van der Waals surface area contributed by atoms with Crippen molar-refractivity contribution in [2.75, 3.05) is 19.9 Å². The highest BCUT2D eigenvalue weighted by Gasteiger charge is 2.32. The third kappa shape index (κ3) is 2.77. The molecule has 12 heavy (non-hydrogen) atoms. The summed E-state index contributed by atoms with van der Waals surface area (Å²) in [5.74, 6) is -0.582. The van der Waals surface area contributed by atoms with Crippen LogP contribution in [0.5, 0.6) is 0 Å². The number of hydrogen-bond acceptors (Lipinski definition) is 3. The number of halogens is 1. The van der Waals surface area contributed by atoms with E-state index in [1.54, 1.807) is 6.92 Å². The number of ether oxygens (including phenoxy) is 1. The highest BCUT2D eigenvalue weighted by atomic mass is 19.1. The maximum absolute atomic E-state index is 12.4. The van der Waals surface area contributed by atoms with Crippen LogP contribution < -0.4 is 0 Å². The Morgan fingerprint density at radius 1 is 1.67 bits per heavy atom. The molecule has 0 heterocycles. The van der Waals surface area contributed by atoms with Crippen LogP contribution in [0.3, 0.4) is 0 Å². The standard InChI is InChI=1S/C8H15FO3/c1-3-8(2,6-9)7(11)12-5-4-10/h10H,3-6H2,1-2H3. The lowest BCUT2D eigenvalue weighted by Gasteiger charge is -2.21. The van der Waals surface area contributed by atoms with Crippen molar-refractivity contribution in [2.24, 2.45) is 5.41 Å². The molecule has 0 aliphatic heterocycles. The third-order valence-corrected chi connectivity index (χ3v) is 1.89. The van der Waals surface area contributed by atoms with Crippen LogP contribution in [0.1, 0.15) is 20.3 Å². The monoisotopic (exact) mass is 178 g/mol. The second-order valence-electron chi connectivity index (χ2n) is 2.91. The molecular formula is C8H15FO3. The van der Waals surface area contributed by atoms with Gasteiger partial charge in [-0.15, -0.1) is 0 Å². The molecule has 0 fully saturated rings. The Morgan fingerprint density at radius 3 is 2.58 bits per heavy atom. The Morgan fingerprint density at radius 2 is 2.25 bits per heavy atom. The summed E-state index contributed by atoms with van der Waals surface area (Å²) in [4.78, 5) is 11.1. The van der Waals surface area contributed by atoms with Gasteiger partial charge in [-0.1, -0.05) is 6.92 Å². The zero-order valence-electron chi connectivity index (χ0n) is 7.47. The van der Waals surface area contributed by atoms with Crippen molar-refractivity contribution < 1.29 is 19.0 Å². The molecular weight excluding hydrogens is 163 g/mol. The lowest BCUT2D eigenvalue weighted by Crippen LogP contribution is -2.32. The summed E-state index contributed by atoms with van der Waals surface area (Å²) in [7, 11) is 0. The maximum Gasteiger partial charge on any atom is 0.314 e. The van der Waals surface area contributed by atoms with Crippen molar-refractivity contribution in [3.05, 3.63) is 0 Å². The number of hydrogen-bond donors (Lipinski definition) is 1. The summed E-state index contributed by atoms with van der Waals surface area (Å²) in [6, 6.07) is 0. The maximum atomic E-state index is 12.4. The molecule has 0 amide bonds. The first-order valence-corrected chi connectivity index (χ1v) is 3.94. The van der Waals surface area contributed by atoms with Crippen molar-refractivity contribution in [2.45, 2.75) is 20.3 Å². The van der Waals surface area contributed by atoms with Gasteiger partial charge in [0.15, 0.2) is 0 Å². The van der Waals surface area contributed by atoms with Crippen LogP contribution in [-0.4, -0.2) is 31.0 Å². The molecule has 72 valence electrons. The second-order valence-corrected chi connectivity index (χ2v) is 2.91. The summed E-state index contributed by atoms with van der Waals surface area (Å²) in [6.07, 6.45) is 0.397. The summed E-state index contributed by atoms with van der Waals surface area (Å²) < 4.78 is 17.0. The van der Waals surface area contributed by atoms with Crippen LogP contribution in [0.2, 0.25) is 0 Å². The van der Waals surface area contributed by atoms with E-state index < -0.39 is 18.1 Å². The van der Waals surface area contributed by atoms with Crippen molar-refractivity contribution in [3.63, 3.8) is 0 Å². The van der Waals surface area contributed by atoms with Gasteiger partial charge in [0.25, 0.3) is 0 Å². The predicted molar refractivity (Wildman–Crippen MR) is 42.4 cm³/mol. The van der Waals surface area contributed by atoms with Gasteiger partial charge in [0.1, 0.15) is 13.3 Å². The van der Waals surface area contributed by atoms with E-state index in [0.717, 1.165) is 0 Å². The fourth-order valence-corrected chi connectivity index (χ4v) is 0.606. The normalized spacial score (nSPS) is 15.3. The van der Waals surface area contributed by atoms with E-state index in [0.29, 0.717) is 6.42 Å². The Balaban J connectivity index is 4.03. The number of carbonyl (C=O) groups excluding carboxylic acids is 1. The minimum Gasteiger partial charge on any atom is -0.463 e. The third-order valence-electron chi connectivity index (χ3n) is 1.89. The molecule has 1 atom stereocenters. The summed E-state index contributed by atoms with van der Waals surface area (Å²) in [5, 5.41) is 8.36. The Labute approximate surface area is 71.5 Å². The summed E-state index contributed by atoms with van der Waals surface area (Å²) in [5.41, 5.74) is -1.05. The van der Waals surface area contributed by atoms with E-state index in [9.17, 15) is 9.18 Å². The summed E-state index contributed by atoms with van der Waals surface area (Å²) in [6.45, 7) is 2.21. The molecule has 0 aromatic heterocycles. The van der Waals surface area contributed by atoms with E-state index >= 15 is 0 Å². The van der Waals surface area contributed by atoms with E-state index in [1.165, 1.54) is 6.92 Å². The van der Waals surface area contributed by atoms with Crippen LogP contribution in [0.4, 0.5) is 4.39 Å². The average Bonchev–Trinajstić information content (AvgIpc) is 2.12. The minimum absolute atomic E-state index is 0.0611. The van der Waals surface area contributed by atoms with E-state index in [2.05, 4.69) is 4.74 Å². The minimum atomic E-state index is -1.05. The van der Waals surface area contributed by atoms with Crippen molar-refractivity contribution in [3.8, 4) is 0 Å². The largest absolute Gasteiger partial charge is 0.463 e. The molecule has 0 saturated carbocycles. The fourth-order valence-electron chi connectivity index (χ4n) is 0.606. The molecule has 0 aromatic carbocycles. The molecule has 0 saturated heterocycles. The van der Waals surface area contributed by atoms with E-state index in [1.807, 2.05) is 0 Å². The molecule has 0 radical (unpaired) electrons. The van der Waals surface area contributed by atoms with Gasteiger partial charge in [0, 0.05) is 0 Å². The number of alkyl halides is 1. The van der Waals surface area contributed by atoms with Crippen molar-refractivity contribution in [1.82, 2.24) is 0 Å². The smallest absolute Gasteiger partial charge is 0.314 e. The zero-order valence-corrected chi connectivity index (χ0v) is 7.47. The van der Waals surface area contributed by atoms with Gasteiger partial charge in [-0.05, 0) is 13.3 Å². The van der Waals surface area contributed by atoms with Gasteiger partial charge in [-0.3, -0.25) is 4.79 Å². The highest BCUT2D eigenvalue weighted by Crippen LogP contribution is 2.23. The topological polar surface area (TPSA) is 46.5 Å². The molecule has 0 rings (SSSR count). The predicted octanol–water partition coefficient (Wildman–Crippen LogP) is 0.908. The van der Waals surface area contributed by atoms with Gasteiger partial charge in [-0.25, -0.2) is 4.39 Å². The van der Waals surface area contributed by atoms with E-state index in [-0.39, 0.29) is 13.2 Å². The van der Waals surface area contributed by atoms with Gasteiger partial charge < -0.3 is 9.84 Å². The number of rotatable bonds is 5. The number of esters is 1. The van der Waals surface area contributed by atoms with E-state index in [4.69, 9.17) is 5.11 Å². The van der Waals surface area contributed by atoms with Crippen LogP contribution in [0.25, 0.3) is 0 Å². The van der Waals surface area contributed by atoms with Gasteiger partial charge >= 0.3 is 5.97 Å². The van der Waals surface area contributed by atoms with Gasteiger partial charge in [0.05, 0.1) is 12.0 Å². The van der Waals surface area contributed by atoms with Gasteiger partial charge in [-0.2, -0.15) is 0 Å². The van der Waals surface area contributed by atoms with Crippen LogP contribution in [0.15, 0.2) is 0 Å². The first-order valence-electron chi connectivity index (χ1n) is 3.94. The SMILES string of the molecule is CCC(C)(CF)C(=O)OCCO. The Hall–Kier alpha value is -0.640. The quantitative estimate of drug-likeness (QED) is 0.636. The van der Waals surface area contributed by atoms with Crippen LogP contribution in [-0.2, 0) is 9.53 Å². The Kier molecular flexibility index (Phi) is 4.81. The van der Waals surface area contributed by atoms with Crippen molar-refractivity contribution in [1.29, 1.82) is 0 Å². The second kappa shape index (κ2) is 5.09. The molecule has 0 aliphatic carbocycles. The number of carbonyl (C=O) groups is 1. The Bertz CT molecular complexity index is 143.